The standard InChI is InChI=1S/C14H14BrClN2O2/c1-7(2)6-10-14(18(19)20)12(16)9-5-4-8(3)11(15)13(9)17-10/h4-5,7H,6H2,1-3H3. The molecule has 0 bridgehead atoms. The summed E-state index contributed by atoms with van der Waals surface area (Å²) >= 11 is 9.73. The van der Waals surface area contributed by atoms with Gasteiger partial charge in [0, 0.05) is 9.86 Å². The average molecular weight is 358 g/mol. The van der Waals surface area contributed by atoms with E-state index in [0.717, 1.165) is 10.0 Å². The first-order valence-electron chi connectivity index (χ1n) is 6.24. The first-order chi connectivity index (χ1) is 9.32. The summed E-state index contributed by atoms with van der Waals surface area (Å²) < 4.78 is 0.830. The molecule has 1 heterocycles. The van der Waals surface area contributed by atoms with Gasteiger partial charge in [0.05, 0.1) is 10.4 Å². The number of fused-ring (bicyclic) bond motifs is 1. The number of hydrogen-bond donors (Lipinski definition) is 0. The van der Waals surface area contributed by atoms with Crippen LogP contribution in [0.15, 0.2) is 16.6 Å². The van der Waals surface area contributed by atoms with E-state index in [1.807, 2.05) is 26.8 Å². The molecule has 4 nitrogen and oxygen atoms in total. The van der Waals surface area contributed by atoms with Crippen molar-refractivity contribution < 1.29 is 4.92 Å². The fraction of sp³-hybridized carbons (Fsp3) is 0.357. The number of nitro groups is 1. The SMILES string of the molecule is Cc1ccc2c(Cl)c([N+](=O)[O-])c(CC(C)C)nc2c1Br. The van der Waals surface area contributed by atoms with Crippen LogP contribution in [0.2, 0.25) is 5.02 Å². The Bertz CT molecular complexity index is 701. The van der Waals surface area contributed by atoms with Crippen LogP contribution >= 0.6 is 27.5 Å². The van der Waals surface area contributed by atoms with Crippen LogP contribution < -0.4 is 0 Å². The molecular weight excluding hydrogens is 344 g/mol. The summed E-state index contributed by atoms with van der Waals surface area (Å²) in [5.74, 6) is 0.262. The van der Waals surface area contributed by atoms with Gasteiger partial charge in [-0.3, -0.25) is 10.1 Å². The Morgan fingerprint density at radius 2 is 2.10 bits per heavy atom. The Balaban J connectivity index is 2.85. The third kappa shape index (κ3) is 2.65. The van der Waals surface area contributed by atoms with Gasteiger partial charge >= 0.3 is 5.69 Å². The Morgan fingerprint density at radius 3 is 2.65 bits per heavy atom. The fourth-order valence-electron chi connectivity index (χ4n) is 2.11. The van der Waals surface area contributed by atoms with Crippen molar-refractivity contribution in [1.82, 2.24) is 4.98 Å². The molecule has 0 aliphatic carbocycles. The van der Waals surface area contributed by atoms with Crippen molar-refractivity contribution in [2.45, 2.75) is 27.2 Å². The summed E-state index contributed by atoms with van der Waals surface area (Å²) in [5, 5.41) is 12.1. The molecule has 0 N–H and O–H groups in total. The molecule has 0 unspecified atom stereocenters. The Hall–Kier alpha value is -1.20. The number of hydrogen-bond acceptors (Lipinski definition) is 3. The smallest absolute Gasteiger partial charge is 0.258 e. The first kappa shape index (κ1) is 15.2. The lowest BCUT2D eigenvalue weighted by atomic mass is 10.0. The summed E-state index contributed by atoms with van der Waals surface area (Å²) in [6.45, 7) is 5.94. The summed E-state index contributed by atoms with van der Waals surface area (Å²) in [7, 11) is 0. The van der Waals surface area contributed by atoms with Crippen LogP contribution in [0.4, 0.5) is 5.69 Å². The largest absolute Gasteiger partial charge is 0.309 e. The molecule has 0 fully saturated rings. The van der Waals surface area contributed by atoms with Gasteiger partial charge in [0.15, 0.2) is 0 Å². The molecule has 0 atom stereocenters. The second-order valence-electron chi connectivity index (χ2n) is 5.17. The predicted molar refractivity (Wildman–Crippen MR) is 84.4 cm³/mol. The van der Waals surface area contributed by atoms with Gasteiger partial charge in [-0.15, -0.1) is 0 Å². The zero-order valence-electron chi connectivity index (χ0n) is 11.4. The molecule has 106 valence electrons. The minimum absolute atomic E-state index is 0.0800. The molecule has 1 aromatic carbocycles. The molecular formula is C14H14BrClN2O2. The number of rotatable bonds is 3. The van der Waals surface area contributed by atoms with Crippen LogP contribution in [0.3, 0.4) is 0 Å². The van der Waals surface area contributed by atoms with Gasteiger partial charge in [0.25, 0.3) is 0 Å². The minimum atomic E-state index is -0.444. The maximum atomic E-state index is 11.3. The van der Waals surface area contributed by atoms with Crippen molar-refractivity contribution in [2.75, 3.05) is 0 Å². The maximum Gasteiger partial charge on any atom is 0.309 e. The van der Waals surface area contributed by atoms with Crippen molar-refractivity contribution in [3.63, 3.8) is 0 Å². The topological polar surface area (TPSA) is 56.0 Å². The molecule has 0 spiro atoms. The van der Waals surface area contributed by atoms with Crippen LogP contribution in [-0.4, -0.2) is 9.91 Å². The lowest BCUT2D eigenvalue weighted by Gasteiger charge is -2.11. The van der Waals surface area contributed by atoms with E-state index in [4.69, 9.17) is 11.6 Å². The second kappa shape index (κ2) is 5.66. The molecule has 0 saturated heterocycles. The van der Waals surface area contributed by atoms with Crippen LogP contribution in [0.25, 0.3) is 10.9 Å². The van der Waals surface area contributed by atoms with Gasteiger partial charge in [-0.2, -0.15) is 0 Å². The lowest BCUT2D eigenvalue weighted by Crippen LogP contribution is -2.05. The number of pyridine rings is 1. The van der Waals surface area contributed by atoms with E-state index in [0.29, 0.717) is 23.0 Å². The van der Waals surface area contributed by atoms with E-state index in [9.17, 15) is 10.1 Å². The molecule has 0 aliphatic rings. The van der Waals surface area contributed by atoms with Crippen molar-refractivity contribution in [1.29, 1.82) is 0 Å². The molecule has 2 rings (SSSR count). The Morgan fingerprint density at radius 1 is 1.45 bits per heavy atom. The average Bonchev–Trinajstić information content (AvgIpc) is 2.33. The van der Waals surface area contributed by atoms with Crippen LogP contribution in [0, 0.1) is 23.0 Å². The number of aromatic nitrogens is 1. The molecule has 0 amide bonds. The monoisotopic (exact) mass is 356 g/mol. The highest BCUT2D eigenvalue weighted by atomic mass is 79.9. The van der Waals surface area contributed by atoms with Crippen molar-refractivity contribution in [3.8, 4) is 0 Å². The van der Waals surface area contributed by atoms with E-state index < -0.39 is 4.92 Å². The van der Waals surface area contributed by atoms with Gasteiger partial charge < -0.3 is 0 Å². The molecule has 6 heteroatoms. The maximum absolute atomic E-state index is 11.3. The molecule has 0 radical (unpaired) electrons. The van der Waals surface area contributed by atoms with Crippen molar-refractivity contribution in [2.24, 2.45) is 5.92 Å². The van der Waals surface area contributed by atoms with E-state index >= 15 is 0 Å². The normalized spacial score (nSPS) is 11.3. The van der Waals surface area contributed by atoms with Gasteiger partial charge in [0.1, 0.15) is 10.7 Å². The molecule has 20 heavy (non-hydrogen) atoms. The van der Waals surface area contributed by atoms with E-state index in [-0.39, 0.29) is 16.6 Å². The zero-order chi connectivity index (χ0) is 15.0. The molecule has 2 aromatic rings. The molecule has 0 aliphatic heterocycles. The summed E-state index contributed by atoms with van der Waals surface area (Å²) in [4.78, 5) is 15.3. The summed E-state index contributed by atoms with van der Waals surface area (Å²) in [6.07, 6.45) is 0.520. The van der Waals surface area contributed by atoms with E-state index in [1.54, 1.807) is 6.07 Å². The molecule has 0 saturated carbocycles. The van der Waals surface area contributed by atoms with Gasteiger partial charge in [-0.25, -0.2) is 4.98 Å². The third-order valence-electron chi connectivity index (χ3n) is 3.06. The lowest BCUT2D eigenvalue weighted by molar-refractivity contribution is -0.385. The minimum Gasteiger partial charge on any atom is -0.258 e. The van der Waals surface area contributed by atoms with Crippen LogP contribution in [-0.2, 0) is 6.42 Å². The number of halogens is 2. The van der Waals surface area contributed by atoms with E-state index in [1.165, 1.54) is 0 Å². The van der Waals surface area contributed by atoms with Gasteiger partial charge in [0.2, 0.25) is 0 Å². The second-order valence-corrected chi connectivity index (χ2v) is 6.34. The fourth-order valence-corrected chi connectivity index (χ4v) is 2.87. The predicted octanol–water partition coefficient (Wildman–Crippen LogP) is 5.07. The number of aryl methyl sites for hydroxylation is 1. The Labute approximate surface area is 130 Å². The van der Waals surface area contributed by atoms with Crippen molar-refractivity contribution >= 4 is 44.1 Å². The van der Waals surface area contributed by atoms with Crippen molar-refractivity contribution in [3.05, 3.63) is 43.0 Å². The molecule has 1 aromatic heterocycles. The van der Waals surface area contributed by atoms with Gasteiger partial charge in [-0.1, -0.05) is 37.6 Å². The Kier molecular flexibility index (Phi) is 4.30. The third-order valence-corrected chi connectivity index (χ3v) is 4.44. The van der Waals surface area contributed by atoms with Gasteiger partial charge in [-0.05, 0) is 40.8 Å². The highest BCUT2D eigenvalue weighted by Crippen LogP contribution is 2.38. The summed E-state index contributed by atoms with van der Waals surface area (Å²) in [5.41, 5.74) is 2.05. The van der Waals surface area contributed by atoms with E-state index in [2.05, 4.69) is 20.9 Å². The zero-order valence-corrected chi connectivity index (χ0v) is 13.7. The van der Waals surface area contributed by atoms with Crippen LogP contribution in [0.1, 0.15) is 25.1 Å². The highest BCUT2D eigenvalue weighted by Gasteiger charge is 2.25. The first-order valence-corrected chi connectivity index (χ1v) is 7.41. The number of nitrogens with zero attached hydrogens (tertiary/aromatic N) is 2. The number of benzene rings is 1. The van der Waals surface area contributed by atoms with Crippen LogP contribution in [0.5, 0.6) is 0 Å². The summed E-state index contributed by atoms with van der Waals surface area (Å²) in [6, 6.07) is 3.64. The highest BCUT2D eigenvalue weighted by molar-refractivity contribution is 9.10. The quantitative estimate of drug-likeness (QED) is 0.569.